The smallest absolute Gasteiger partial charge is 0.306 e. The van der Waals surface area contributed by atoms with Crippen molar-refractivity contribution in [3.05, 3.63) is 36.4 Å². The van der Waals surface area contributed by atoms with Crippen LogP contribution >= 0.6 is 0 Å². The predicted octanol–water partition coefficient (Wildman–Crippen LogP) is 0.907. The first-order valence-electron chi connectivity index (χ1n) is 6.65. The molecule has 21 heavy (non-hydrogen) atoms. The van der Waals surface area contributed by atoms with Crippen molar-refractivity contribution in [2.24, 2.45) is 0 Å². The van der Waals surface area contributed by atoms with Gasteiger partial charge in [-0.15, -0.1) is 0 Å². The molecular weight excluding hydrogens is 272 g/mol. The zero-order valence-corrected chi connectivity index (χ0v) is 11.2. The quantitative estimate of drug-likeness (QED) is 0.814. The molecule has 108 valence electrons. The van der Waals surface area contributed by atoms with E-state index in [0.717, 1.165) is 5.56 Å². The minimum Gasteiger partial charge on any atom is -0.460 e. The van der Waals surface area contributed by atoms with Crippen LogP contribution in [0.5, 0.6) is 0 Å². The lowest BCUT2D eigenvalue weighted by atomic mass is 10.1. The monoisotopic (exact) mass is 286 g/mol. The molecule has 0 spiro atoms. The van der Waals surface area contributed by atoms with Crippen LogP contribution < -0.4 is 5.32 Å². The number of nitrogens with zero attached hydrogens (tertiary/aromatic N) is 2. The fourth-order valence-electron chi connectivity index (χ4n) is 2.23. The molecule has 0 bridgehead atoms. The minimum absolute atomic E-state index is 0.215. The van der Waals surface area contributed by atoms with Crippen LogP contribution in [0.1, 0.15) is 23.3 Å². The Morgan fingerprint density at radius 3 is 2.95 bits per heavy atom. The Hall–Kier alpha value is -2.70. The summed E-state index contributed by atoms with van der Waals surface area (Å²) in [5.41, 5.74) is 1.94. The molecule has 1 amide bonds. The molecule has 7 nitrogen and oxygen atoms in total. The average molecular weight is 286 g/mol. The summed E-state index contributed by atoms with van der Waals surface area (Å²) < 4.78 is 5.06. The SMILES string of the molecule is O=C1CCC(CNC(=O)c2[nH]ncc2-c2ccncc2)O1. The van der Waals surface area contributed by atoms with Gasteiger partial charge in [0.1, 0.15) is 11.8 Å². The normalized spacial score (nSPS) is 17.5. The molecule has 0 aliphatic carbocycles. The van der Waals surface area contributed by atoms with Crippen molar-refractivity contribution in [1.82, 2.24) is 20.5 Å². The maximum Gasteiger partial charge on any atom is 0.306 e. The highest BCUT2D eigenvalue weighted by atomic mass is 16.5. The Labute approximate surface area is 120 Å². The van der Waals surface area contributed by atoms with Crippen molar-refractivity contribution < 1.29 is 14.3 Å². The van der Waals surface area contributed by atoms with Crippen LogP contribution in [0.3, 0.4) is 0 Å². The molecular formula is C14H14N4O3. The summed E-state index contributed by atoms with van der Waals surface area (Å²) in [5.74, 6) is -0.490. The fourth-order valence-corrected chi connectivity index (χ4v) is 2.23. The van der Waals surface area contributed by atoms with E-state index in [9.17, 15) is 9.59 Å². The lowest BCUT2D eigenvalue weighted by Crippen LogP contribution is -2.32. The molecule has 0 radical (unpaired) electrons. The van der Waals surface area contributed by atoms with Crippen molar-refractivity contribution in [2.75, 3.05) is 6.54 Å². The van der Waals surface area contributed by atoms with Gasteiger partial charge in [0.25, 0.3) is 5.91 Å². The van der Waals surface area contributed by atoms with E-state index in [2.05, 4.69) is 20.5 Å². The van der Waals surface area contributed by atoms with Crippen LogP contribution in [0.15, 0.2) is 30.7 Å². The van der Waals surface area contributed by atoms with E-state index in [1.807, 2.05) is 0 Å². The van der Waals surface area contributed by atoms with Gasteiger partial charge in [0.05, 0.1) is 12.7 Å². The van der Waals surface area contributed by atoms with E-state index >= 15 is 0 Å². The van der Waals surface area contributed by atoms with Crippen LogP contribution in [-0.4, -0.2) is 39.7 Å². The molecule has 0 aromatic carbocycles. The lowest BCUT2D eigenvalue weighted by molar-refractivity contribution is -0.141. The summed E-state index contributed by atoms with van der Waals surface area (Å²) in [4.78, 5) is 27.2. The van der Waals surface area contributed by atoms with Crippen LogP contribution in [0.4, 0.5) is 0 Å². The van der Waals surface area contributed by atoms with Crippen LogP contribution in [0.2, 0.25) is 0 Å². The van der Waals surface area contributed by atoms with Gasteiger partial charge < -0.3 is 10.1 Å². The summed E-state index contributed by atoms with van der Waals surface area (Å²) in [5, 5.41) is 9.37. The number of pyridine rings is 1. The first kappa shape index (κ1) is 13.3. The molecule has 3 rings (SSSR count). The van der Waals surface area contributed by atoms with Crippen LogP contribution in [0, 0.1) is 0 Å². The zero-order valence-electron chi connectivity index (χ0n) is 11.2. The molecule has 2 N–H and O–H groups in total. The molecule has 0 saturated carbocycles. The van der Waals surface area contributed by atoms with Crippen molar-refractivity contribution in [3.8, 4) is 11.1 Å². The van der Waals surface area contributed by atoms with E-state index in [1.165, 1.54) is 0 Å². The van der Waals surface area contributed by atoms with E-state index in [4.69, 9.17) is 4.74 Å². The highest BCUT2D eigenvalue weighted by Crippen LogP contribution is 2.21. The standard InChI is InChI=1S/C14H14N4O3/c19-12-2-1-10(21-12)7-16-14(20)13-11(8-17-18-13)9-3-5-15-6-4-9/h3-6,8,10H,1-2,7H2,(H,16,20)(H,17,18). The summed E-state index contributed by atoms with van der Waals surface area (Å²) in [6, 6.07) is 3.61. The molecule has 2 aromatic rings. The first-order chi connectivity index (χ1) is 10.2. The van der Waals surface area contributed by atoms with Gasteiger partial charge in [-0.1, -0.05) is 0 Å². The highest BCUT2D eigenvalue weighted by molar-refractivity contribution is 5.98. The molecule has 2 aromatic heterocycles. The molecule has 1 unspecified atom stereocenters. The van der Waals surface area contributed by atoms with E-state index in [0.29, 0.717) is 30.6 Å². The molecule has 1 saturated heterocycles. The van der Waals surface area contributed by atoms with Gasteiger partial charge in [-0.2, -0.15) is 5.10 Å². The number of H-pyrrole nitrogens is 1. The molecule has 1 atom stereocenters. The van der Waals surface area contributed by atoms with Gasteiger partial charge in [0.15, 0.2) is 0 Å². The largest absolute Gasteiger partial charge is 0.460 e. The Morgan fingerprint density at radius 2 is 2.24 bits per heavy atom. The topological polar surface area (TPSA) is 97.0 Å². The van der Waals surface area contributed by atoms with Gasteiger partial charge in [-0.05, 0) is 24.1 Å². The Morgan fingerprint density at radius 1 is 1.43 bits per heavy atom. The van der Waals surface area contributed by atoms with E-state index in [-0.39, 0.29) is 18.0 Å². The molecule has 1 aliphatic heterocycles. The first-order valence-corrected chi connectivity index (χ1v) is 6.65. The predicted molar refractivity (Wildman–Crippen MR) is 73.3 cm³/mol. The molecule has 7 heteroatoms. The number of hydrogen-bond acceptors (Lipinski definition) is 5. The maximum atomic E-state index is 12.2. The number of rotatable bonds is 4. The van der Waals surface area contributed by atoms with Gasteiger partial charge in [-0.25, -0.2) is 0 Å². The number of carbonyl (C=O) groups is 2. The number of carbonyl (C=O) groups excluding carboxylic acids is 2. The molecule has 3 heterocycles. The average Bonchev–Trinajstić information content (AvgIpc) is 3.14. The number of nitrogens with one attached hydrogen (secondary N) is 2. The number of aromatic nitrogens is 3. The van der Waals surface area contributed by atoms with Gasteiger partial charge in [0.2, 0.25) is 0 Å². The van der Waals surface area contributed by atoms with E-state index in [1.54, 1.807) is 30.7 Å². The van der Waals surface area contributed by atoms with Gasteiger partial charge >= 0.3 is 5.97 Å². The highest BCUT2D eigenvalue weighted by Gasteiger charge is 2.24. The summed E-state index contributed by atoms with van der Waals surface area (Å²) in [6.45, 7) is 0.305. The van der Waals surface area contributed by atoms with Crippen molar-refractivity contribution in [3.63, 3.8) is 0 Å². The van der Waals surface area contributed by atoms with Crippen LogP contribution in [-0.2, 0) is 9.53 Å². The number of ether oxygens (including phenoxy) is 1. The lowest BCUT2D eigenvalue weighted by Gasteiger charge is -2.10. The minimum atomic E-state index is -0.276. The van der Waals surface area contributed by atoms with E-state index < -0.39 is 0 Å². The third-order valence-electron chi connectivity index (χ3n) is 3.32. The summed E-state index contributed by atoms with van der Waals surface area (Å²) >= 11 is 0. The third kappa shape index (κ3) is 2.91. The third-order valence-corrected chi connectivity index (χ3v) is 3.32. The molecule has 1 fully saturated rings. The number of cyclic esters (lactones) is 1. The van der Waals surface area contributed by atoms with Crippen molar-refractivity contribution in [2.45, 2.75) is 18.9 Å². The van der Waals surface area contributed by atoms with Gasteiger partial charge in [0, 0.05) is 24.4 Å². The Balaban J connectivity index is 1.68. The number of amides is 1. The maximum absolute atomic E-state index is 12.2. The second-order valence-corrected chi connectivity index (χ2v) is 4.76. The zero-order chi connectivity index (χ0) is 14.7. The fraction of sp³-hybridized carbons (Fsp3) is 0.286. The second kappa shape index (κ2) is 5.74. The second-order valence-electron chi connectivity index (χ2n) is 4.76. The van der Waals surface area contributed by atoms with Crippen molar-refractivity contribution >= 4 is 11.9 Å². The molecule has 1 aliphatic rings. The van der Waals surface area contributed by atoms with Gasteiger partial charge in [-0.3, -0.25) is 19.7 Å². The van der Waals surface area contributed by atoms with Crippen LogP contribution in [0.25, 0.3) is 11.1 Å². The Kier molecular flexibility index (Phi) is 3.63. The van der Waals surface area contributed by atoms with Crippen molar-refractivity contribution in [1.29, 1.82) is 0 Å². The number of aromatic amines is 1. The Bertz CT molecular complexity index is 653. The number of esters is 1. The summed E-state index contributed by atoms with van der Waals surface area (Å²) in [6.07, 6.45) is 5.71. The summed E-state index contributed by atoms with van der Waals surface area (Å²) in [7, 11) is 0. The number of hydrogen-bond donors (Lipinski definition) is 2.